The number of anilines is 1. The summed E-state index contributed by atoms with van der Waals surface area (Å²) in [5.41, 5.74) is 0.418. The van der Waals surface area contributed by atoms with E-state index < -0.39 is 18.3 Å². The number of alkyl halides is 2. The van der Waals surface area contributed by atoms with Gasteiger partial charge >= 0.3 is 0 Å². The number of ether oxygens (including phenoxy) is 1. The number of hydrogen-bond acceptors (Lipinski definition) is 5. The molecule has 3 rings (SSSR count). The molecule has 1 N–H and O–H groups in total. The van der Waals surface area contributed by atoms with E-state index in [1.165, 1.54) is 0 Å². The molecule has 1 atom stereocenters. The van der Waals surface area contributed by atoms with Crippen LogP contribution in [0.15, 0.2) is 24.3 Å². The highest BCUT2D eigenvalue weighted by Gasteiger charge is 2.29. The van der Waals surface area contributed by atoms with Crippen molar-refractivity contribution in [3.8, 4) is 0 Å². The lowest BCUT2D eigenvalue weighted by Gasteiger charge is -2.32. The Bertz CT molecular complexity index is 779. The first kappa shape index (κ1) is 18.4. The Hall–Kier alpha value is -2.35. The molecule has 8 heteroatoms. The van der Waals surface area contributed by atoms with E-state index in [1.54, 1.807) is 29.2 Å². The Labute approximate surface area is 150 Å². The Morgan fingerprint density at radius 3 is 2.54 bits per heavy atom. The number of carbonyl (C=O) groups excluding carboxylic acids is 1. The van der Waals surface area contributed by atoms with Crippen LogP contribution in [0.4, 0.5) is 14.6 Å². The van der Waals surface area contributed by atoms with Crippen LogP contribution in [0.25, 0.3) is 10.9 Å². The van der Waals surface area contributed by atoms with Crippen molar-refractivity contribution in [3.63, 3.8) is 0 Å². The molecular formula is C18H22F2N4O2. The maximum atomic E-state index is 13.2. The first-order valence-electron chi connectivity index (χ1n) is 8.65. The summed E-state index contributed by atoms with van der Waals surface area (Å²) in [5.74, 6) is -0.419. The summed E-state index contributed by atoms with van der Waals surface area (Å²) in [7, 11) is 0. The summed E-state index contributed by atoms with van der Waals surface area (Å²) in [6, 6.07) is 6.35. The van der Waals surface area contributed by atoms with Crippen LogP contribution < -0.4 is 5.32 Å². The third kappa shape index (κ3) is 3.90. The van der Waals surface area contributed by atoms with E-state index >= 15 is 0 Å². The average molecular weight is 364 g/mol. The number of nitrogens with zero attached hydrogens (tertiary/aromatic N) is 3. The lowest BCUT2D eigenvalue weighted by atomic mass is 10.0. The molecule has 1 saturated heterocycles. The van der Waals surface area contributed by atoms with Crippen molar-refractivity contribution in [1.82, 2.24) is 14.9 Å². The molecule has 6 nitrogen and oxygen atoms in total. The maximum Gasteiger partial charge on any atom is 0.297 e. The first-order chi connectivity index (χ1) is 12.5. The van der Waals surface area contributed by atoms with Gasteiger partial charge in [0.2, 0.25) is 5.91 Å². The lowest BCUT2D eigenvalue weighted by Crippen LogP contribution is -2.50. The monoisotopic (exact) mass is 364 g/mol. The Balaban J connectivity index is 1.94. The molecule has 0 saturated carbocycles. The molecule has 140 valence electrons. The smallest absolute Gasteiger partial charge is 0.297 e. The largest absolute Gasteiger partial charge is 0.378 e. The number of fused-ring (bicyclic) bond motifs is 1. The van der Waals surface area contributed by atoms with Gasteiger partial charge in [0.25, 0.3) is 6.43 Å². The number of amides is 1. The second-order valence-electron chi connectivity index (χ2n) is 6.55. The second kappa shape index (κ2) is 7.90. The summed E-state index contributed by atoms with van der Waals surface area (Å²) in [5, 5.41) is 3.71. The number of nitrogens with one attached hydrogen (secondary N) is 1. The van der Waals surface area contributed by atoms with Gasteiger partial charge in [0, 0.05) is 18.5 Å². The quantitative estimate of drug-likeness (QED) is 0.884. The number of carbonyl (C=O) groups is 1. The number of hydrogen-bond donors (Lipinski definition) is 1. The molecule has 0 aliphatic carbocycles. The molecular weight excluding hydrogens is 342 g/mol. The first-order valence-corrected chi connectivity index (χ1v) is 8.65. The highest BCUT2D eigenvalue weighted by molar-refractivity contribution is 5.92. The second-order valence-corrected chi connectivity index (χ2v) is 6.55. The number of rotatable bonds is 5. The molecule has 1 unspecified atom stereocenters. The summed E-state index contributed by atoms with van der Waals surface area (Å²) in [4.78, 5) is 22.5. The third-order valence-electron chi connectivity index (χ3n) is 4.36. The predicted octanol–water partition coefficient (Wildman–Crippen LogP) is 2.86. The van der Waals surface area contributed by atoms with Gasteiger partial charge in [0.15, 0.2) is 5.82 Å². The molecule has 2 aromatic rings. The van der Waals surface area contributed by atoms with Crippen LogP contribution in [0.3, 0.4) is 0 Å². The Morgan fingerprint density at radius 2 is 1.88 bits per heavy atom. The van der Waals surface area contributed by atoms with Crippen LogP contribution in [-0.4, -0.2) is 53.1 Å². The van der Waals surface area contributed by atoms with Crippen LogP contribution in [0.1, 0.15) is 26.1 Å². The van der Waals surface area contributed by atoms with Gasteiger partial charge in [-0.3, -0.25) is 4.79 Å². The van der Waals surface area contributed by atoms with Crippen molar-refractivity contribution in [1.29, 1.82) is 0 Å². The van der Waals surface area contributed by atoms with E-state index in [0.29, 0.717) is 37.2 Å². The van der Waals surface area contributed by atoms with E-state index in [0.717, 1.165) is 0 Å². The fourth-order valence-corrected chi connectivity index (χ4v) is 2.94. The molecule has 0 radical (unpaired) electrons. The highest BCUT2D eigenvalue weighted by Crippen LogP contribution is 2.26. The molecule has 1 aromatic carbocycles. The van der Waals surface area contributed by atoms with E-state index in [-0.39, 0.29) is 17.6 Å². The minimum absolute atomic E-state index is 0.0472. The van der Waals surface area contributed by atoms with Crippen LogP contribution in [0.2, 0.25) is 0 Å². The fourth-order valence-electron chi connectivity index (χ4n) is 2.94. The molecule has 1 aliphatic rings. The van der Waals surface area contributed by atoms with Gasteiger partial charge in [-0.2, -0.15) is 0 Å². The van der Waals surface area contributed by atoms with Gasteiger partial charge in [0.05, 0.1) is 18.7 Å². The zero-order valence-corrected chi connectivity index (χ0v) is 14.8. The summed E-state index contributed by atoms with van der Waals surface area (Å²) in [6.07, 6.45) is -2.78. The van der Waals surface area contributed by atoms with Crippen molar-refractivity contribution in [2.75, 3.05) is 31.6 Å². The topological polar surface area (TPSA) is 67.4 Å². The summed E-state index contributed by atoms with van der Waals surface area (Å²) < 4.78 is 31.6. The van der Waals surface area contributed by atoms with Gasteiger partial charge in [-0.1, -0.05) is 26.0 Å². The van der Waals surface area contributed by atoms with Gasteiger partial charge in [-0.05, 0) is 18.1 Å². The van der Waals surface area contributed by atoms with Crippen LogP contribution in [-0.2, 0) is 9.53 Å². The number of para-hydroxylation sites is 1. The average Bonchev–Trinajstić information content (AvgIpc) is 2.65. The van der Waals surface area contributed by atoms with E-state index in [1.807, 2.05) is 13.8 Å². The molecule has 0 spiro atoms. The molecule has 1 amide bonds. The normalized spacial score (nSPS) is 16.3. The highest BCUT2D eigenvalue weighted by atomic mass is 19.3. The van der Waals surface area contributed by atoms with Crippen molar-refractivity contribution in [2.24, 2.45) is 5.92 Å². The van der Waals surface area contributed by atoms with Crippen molar-refractivity contribution in [3.05, 3.63) is 30.1 Å². The predicted molar refractivity (Wildman–Crippen MR) is 94.1 cm³/mol. The van der Waals surface area contributed by atoms with E-state index in [9.17, 15) is 13.6 Å². The Morgan fingerprint density at radius 1 is 1.19 bits per heavy atom. The van der Waals surface area contributed by atoms with Gasteiger partial charge in [-0.25, -0.2) is 18.7 Å². The number of morpholine rings is 1. The van der Waals surface area contributed by atoms with Crippen molar-refractivity contribution >= 4 is 22.6 Å². The standard InChI is InChI=1S/C18H22F2N4O2/c1-11(2)14(18(25)24-7-9-26-10-8-24)22-16-12-5-3-4-6-13(12)21-17(23-16)15(19)20/h3-6,11,14-15H,7-10H2,1-2H3,(H,21,22,23). The Kier molecular flexibility index (Phi) is 5.61. The zero-order chi connectivity index (χ0) is 18.7. The number of benzene rings is 1. The minimum atomic E-state index is -2.78. The number of aromatic nitrogens is 2. The zero-order valence-electron chi connectivity index (χ0n) is 14.8. The minimum Gasteiger partial charge on any atom is -0.378 e. The van der Waals surface area contributed by atoms with Crippen molar-refractivity contribution in [2.45, 2.75) is 26.3 Å². The van der Waals surface area contributed by atoms with Gasteiger partial charge in [-0.15, -0.1) is 0 Å². The van der Waals surface area contributed by atoms with Gasteiger partial charge < -0.3 is 15.0 Å². The SMILES string of the molecule is CC(C)C(Nc1nc(C(F)F)nc2ccccc12)C(=O)N1CCOCC1. The van der Waals surface area contributed by atoms with Crippen LogP contribution >= 0.6 is 0 Å². The third-order valence-corrected chi connectivity index (χ3v) is 4.36. The lowest BCUT2D eigenvalue weighted by molar-refractivity contribution is -0.137. The molecule has 26 heavy (non-hydrogen) atoms. The summed E-state index contributed by atoms with van der Waals surface area (Å²) >= 11 is 0. The van der Waals surface area contributed by atoms with E-state index in [4.69, 9.17) is 4.74 Å². The summed E-state index contributed by atoms with van der Waals surface area (Å²) in [6.45, 7) is 5.87. The fraction of sp³-hybridized carbons (Fsp3) is 0.500. The van der Waals surface area contributed by atoms with Crippen LogP contribution in [0, 0.1) is 5.92 Å². The van der Waals surface area contributed by atoms with Gasteiger partial charge in [0.1, 0.15) is 11.9 Å². The molecule has 0 bridgehead atoms. The molecule has 1 aromatic heterocycles. The molecule has 2 heterocycles. The number of halogens is 2. The maximum absolute atomic E-state index is 13.2. The van der Waals surface area contributed by atoms with Crippen molar-refractivity contribution < 1.29 is 18.3 Å². The van der Waals surface area contributed by atoms with E-state index in [2.05, 4.69) is 15.3 Å². The molecule has 1 fully saturated rings. The molecule has 1 aliphatic heterocycles. The van der Waals surface area contributed by atoms with Crippen LogP contribution in [0.5, 0.6) is 0 Å².